The minimum atomic E-state index is -0.0232. The number of nitrogens with zero attached hydrogens (tertiary/aromatic N) is 4. The Labute approximate surface area is 217 Å². The Morgan fingerprint density at radius 3 is 2.54 bits per heavy atom. The number of carbonyl (C=O) groups excluding carboxylic acids is 1. The fraction of sp³-hybridized carbons (Fsp3) is 0.226. The molecule has 0 aliphatic heterocycles. The summed E-state index contributed by atoms with van der Waals surface area (Å²) in [5, 5.41) is 2.27. The summed E-state index contributed by atoms with van der Waals surface area (Å²) >= 11 is 0. The Kier molecular flexibility index (Phi) is 7.19. The van der Waals surface area contributed by atoms with Crippen LogP contribution in [0.3, 0.4) is 0 Å². The van der Waals surface area contributed by atoms with Crippen molar-refractivity contribution in [3.63, 3.8) is 0 Å². The summed E-state index contributed by atoms with van der Waals surface area (Å²) in [4.78, 5) is 19.8. The summed E-state index contributed by atoms with van der Waals surface area (Å²) in [5.41, 5.74) is 4.95. The van der Waals surface area contributed by atoms with Crippen LogP contribution in [0.2, 0.25) is 0 Å². The van der Waals surface area contributed by atoms with Crippen LogP contribution >= 0.6 is 0 Å². The molecule has 188 valence electrons. The van der Waals surface area contributed by atoms with E-state index in [1.54, 1.807) is 12.0 Å². The lowest BCUT2D eigenvalue weighted by Gasteiger charge is -2.17. The average molecular weight is 493 g/mol. The van der Waals surface area contributed by atoms with Crippen molar-refractivity contribution in [1.29, 1.82) is 0 Å². The minimum Gasteiger partial charge on any atom is -0.383 e. The molecule has 6 heteroatoms. The molecule has 0 N–H and O–H groups in total. The summed E-state index contributed by atoms with van der Waals surface area (Å²) < 4.78 is 9.50. The first kappa shape index (κ1) is 24.5. The van der Waals surface area contributed by atoms with E-state index in [1.807, 2.05) is 44.0 Å². The number of fused-ring (bicyclic) bond motifs is 1. The van der Waals surface area contributed by atoms with Crippen LogP contribution < -0.4 is 0 Å². The average Bonchev–Trinajstić information content (AvgIpc) is 3.58. The monoisotopic (exact) mass is 492 g/mol. The first-order valence-corrected chi connectivity index (χ1v) is 12.5. The molecule has 37 heavy (non-hydrogen) atoms. The first-order chi connectivity index (χ1) is 18.1. The molecule has 0 radical (unpaired) electrons. The fourth-order valence-corrected chi connectivity index (χ4v) is 4.86. The molecule has 0 bridgehead atoms. The van der Waals surface area contributed by atoms with Gasteiger partial charge >= 0.3 is 0 Å². The highest BCUT2D eigenvalue weighted by Crippen LogP contribution is 2.33. The van der Waals surface area contributed by atoms with Crippen LogP contribution in [0, 0.1) is 0 Å². The maximum absolute atomic E-state index is 13.6. The van der Waals surface area contributed by atoms with Crippen LogP contribution in [-0.2, 0) is 11.3 Å². The number of rotatable bonds is 9. The van der Waals surface area contributed by atoms with E-state index in [1.165, 1.54) is 5.56 Å². The molecule has 3 aromatic carbocycles. The molecule has 0 saturated heterocycles. The van der Waals surface area contributed by atoms with Gasteiger partial charge in [-0.2, -0.15) is 0 Å². The number of amides is 1. The lowest BCUT2D eigenvalue weighted by Crippen LogP contribution is -2.30. The van der Waals surface area contributed by atoms with Crippen molar-refractivity contribution >= 4 is 16.7 Å². The zero-order chi connectivity index (χ0) is 25.8. The largest absolute Gasteiger partial charge is 0.383 e. The molecule has 0 aliphatic carbocycles. The number of methoxy groups -OCH3 is 1. The summed E-state index contributed by atoms with van der Waals surface area (Å²) in [6.45, 7) is 3.79. The van der Waals surface area contributed by atoms with Crippen molar-refractivity contribution in [3.8, 4) is 11.1 Å². The number of hydrogen-bond acceptors (Lipinski definition) is 3. The van der Waals surface area contributed by atoms with Crippen LogP contribution in [0.25, 0.3) is 21.9 Å². The van der Waals surface area contributed by atoms with Gasteiger partial charge in [-0.15, -0.1) is 0 Å². The third-order valence-corrected chi connectivity index (χ3v) is 6.96. The second kappa shape index (κ2) is 10.8. The summed E-state index contributed by atoms with van der Waals surface area (Å²) in [5.74, 6) is -0.0232. The zero-order valence-electron chi connectivity index (χ0n) is 21.5. The molecule has 0 saturated carbocycles. The van der Waals surface area contributed by atoms with Gasteiger partial charge in [-0.05, 0) is 28.8 Å². The highest BCUT2D eigenvalue weighted by Gasteiger charge is 2.21. The second-order valence-electron chi connectivity index (χ2n) is 9.38. The zero-order valence-corrected chi connectivity index (χ0v) is 21.5. The molecular weight excluding hydrogens is 460 g/mol. The number of carbonyl (C=O) groups is 1. The van der Waals surface area contributed by atoms with Crippen LogP contribution in [-0.4, -0.2) is 52.2 Å². The Morgan fingerprint density at radius 1 is 0.973 bits per heavy atom. The van der Waals surface area contributed by atoms with E-state index in [2.05, 4.69) is 81.8 Å². The van der Waals surface area contributed by atoms with E-state index in [4.69, 9.17) is 4.74 Å². The molecule has 1 atom stereocenters. The van der Waals surface area contributed by atoms with Gasteiger partial charge in [0.15, 0.2) is 0 Å². The van der Waals surface area contributed by atoms with Crippen molar-refractivity contribution in [2.45, 2.75) is 19.5 Å². The van der Waals surface area contributed by atoms with Gasteiger partial charge in [-0.1, -0.05) is 72.8 Å². The van der Waals surface area contributed by atoms with Gasteiger partial charge in [0, 0.05) is 44.9 Å². The first-order valence-electron chi connectivity index (χ1n) is 12.5. The predicted octanol–water partition coefficient (Wildman–Crippen LogP) is 5.88. The molecule has 5 aromatic rings. The highest BCUT2D eigenvalue weighted by molar-refractivity contribution is 6.05. The van der Waals surface area contributed by atoms with Gasteiger partial charge < -0.3 is 18.8 Å². The molecule has 0 spiro atoms. The van der Waals surface area contributed by atoms with Crippen LogP contribution in [0.1, 0.15) is 34.6 Å². The summed E-state index contributed by atoms with van der Waals surface area (Å²) in [7, 11) is 3.47. The molecule has 2 heterocycles. The second-order valence-corrected chi connectivity index (χ2v) is 9.38. The quantitative estimate of drug-likeness (QED) is 0.258. The minimum absolute atomic E-state index is 0.0232. The number of imidazole rings is 1. The van der Waals surface area contributed by atoms with E-state index in [0.717, 1.165) is 27.6 Å². The van der Waals surface area contributed by atoms with Gasteiger partial charge in [-0.3, -0.25) is 4.79 Å². The van der Waals surface area contributed by atoms with Crippen molar-refractivity contribution in [2.24, 2.45) is 0 Å². The standard InChI is InChI=1S/C31H32N4O2/c1-23(24-10-5-4-6-11-24)35-22-32-18-26(35)19-34-20-29(30(21-34)31(36)33(2)16-17-37-3)28-15-9-13-25-12-7-8-14-27(25)28/h4-15,18,20-23H,16-17,19H2,1-3H3/t23-/m0/s1. The fourth-order valence-electron chi connectivity index (χ4n) is 4.86. The number of benzene rings is 3. The SMILES string of the molecule is COCCN(C)C(=O)c1cn(Cc2cncn2[C@@H](C)c2ccccc2)cc1-c1cccc2ccccc12. The summed E-state index contributed by atoms with van der Waals surface area (Å²) in [6, 6.07) is 25.1. The number of aromatic nitrogens is 3. The van der Waals surface area contributed by atoms with Crippen molar-refractivity contribution < 1.29 is 9.53 Å². The van der Waals surface area contributed by atoms with E-state index in [0.29, 0.717) is 25.3 Å². The van der Waals surface area contributed by atoms with Crippen molar-refractivity contribution in [2.75, 3.05) is 27.3 Å². The molecule has 0 aliphatic rings. The van der Waals surface area contributed by atoms with E-state index in [9.17, 15) is 4.79 Å². The van der Waals surface area contributed by atoms with Gasteiger partial charge in [0.25, 0.3) is 5.91 Å². The molecule has 6 nitrogen and oxygen atoms in total. The van der Waals surface area contributed by atoms with E-state index < -0.39 is 0 Å². The van der Waals surface area contributed by atoms with Gasteiger partial charge in [0.2, 0.25) is 0 Å². The normalized spacial score (nSPS) is 12.1. The van der Waals surface area contributed by atoms with E-state index in [-0.39, 0.29) is 11.9 Å². The molecule has 0 fully saturated rings. The molecular formula is C31H32N4O2. The lowest BCUT2D eigenvalue weighted by molar-refractivity contribution is 0.0745. The van der Waals surface area contributed by atoms with Crippen LogP contribution in [0.5, 0.6) is 0 Å². The Morgan fingerprint density at radius 2 is 1.73 bits per heavy atom. The topological polar surface area (TPSA) is 52.3 Å². The van der Waals surface area contributed by atoms with Gasteiger partial charge in [0.05, 0.1) is 36.8 Å². The number of likely N-dealkylation sites (N-methyl/N-ethyl adjacent to an activating group) is 1. The lowest BCUT2D eigenvalue weighted by atomic mass is 9.97. The van der Waals surface area contributed by atoms with Crippen molar-refractivity contribution in [1.82, 2.24) is 19.0 Å². The van der Waals surface area contributed by atoms with Crippen LogP contribution in [0.4, 0.5) is 0 Å². The maximum Gasteiger partial charge on any atom is 0.255 e. The molecule has 1 amide bonds. The maximum atomic E-state index is 13.6. The third-order valence-electron chi connectivity index (χ3n) is 6.96. The number of hydrogen-bond donors (Lipinski definition) is 0. The Hall–Kier alpha value is -4.16. The third kappa shape index (κ3) is 5.06. The Balaban J connectivity index is 1.55. The molecule has 5 rings (SSSR count). The molecule has 2 aromatic heterocycles. The Bertz CT molecular complexity index is 1500. The molecule has 0 unspecified atom stereocenters. The smallest absolute Gasteiger partial charge is 0.255 e. The van der Waals surface area contributed by atoms with Crippen molar-refractivity contribution in [3.05, 3.63) is 115 Å². The predicted molar refractivity (Wildman–Crippen MR) is 148 cm³/mol. The van der Waals surface area contributed by atoms with Gasteiger partial charge in [0.1, 0.15) is 0 Å². The van der Waals surface area contributed by atoms with Gasteiger partial charge in [-0.25, -0.2) is 4.98 Å². The summed E-state index contributed by atoms with van der Waals surface area (Å²) in [6.07, 6.45) is 7.84. The van der Waals surface area contributed by atoms with E-state index >= 15 is 0 Å². The van der Waals surface area contributed by atoms with Crippen LogP contribution in [0.15, 0.2) is 97.7 Å². The highest BCUT2D eigenvalue weighted by atomic mass is 16.5. The number of ether oxygens (including phenoxy) is 1.